The van der Waals surface area contributed by atoms with Crippen molar-refractivity contribution in [1.29, 1.82) is 0 Å². The molecule has 2 heterocycles. The lowest BCUT2D eigenvalue weighted by molar-refractivity contribution is 0.0707. The van der Waals surface area contributed by atoms with Gasteiger partial charge in [0.15, 0.2) is 0 Å². The van der Waals surface area contributed by atoms with Crippen LogP contribution in [0.2, 0.25) is 0 Å². The number of carbonyl (C=O) groups excluding carboxylic acids is 1. The number of piperidine rings is 1. The van der Waals surface area contributed by atoms with Crippen molar-refractivity contribution >= 4 is 5.91 Å². The van der Waals surface area contributed by atoms with Crippen molar-refractivity contribution in [3.05, 3.63) is 83.2 Å². The third kappa shape index (κ3) is 4.72. The standard InChI is InChI=1S/C25H24F2N2O3/c1-16-13-24(31-2)22(15-28-16)17-9-11-29(12-10-17)25(30)21-8-7-20(14-23(21)27)32-19-5-3-18(26)4-6-19/h3-8,13-15,17H,9-12H2,1-2H3. The van der Waals surface area contributed by atoms with Gasteiger partial charge in [0, 0.05) is 42.7 Å². The fourth-order valence-corrected chi connectivity index (χ4v) is 3.96. The zero-order valence-electron chi connectivity index (χ0n) is 18.0. The van der Waals surface area contributed by atoms with Crippen LogP contribution in [-0.4, -0.2) is 36.0 Å². The number of aromatic nitrogens is 1. The lowest BCUT2D eigenvalue weighted by Gasteiger charge is -2.32. The number of rotatable bonds is 5. The van der Waals surface area contributed by atoms with E-state index >= 15 is 0 Å². The van der Waals surface area contributed by atoms with E-state index in [0.717, 1.165) is 29.8 Å². The molecule has 166 valence electrons. The zero-order chi connectivity index (χ0) is 22.7. The molecular formula is C25H24F2N2O3. The number of amides is 1. The van der Waals surface area contributed by atoms with Crippen LogP contribution >= 0.6 is 0 Å². The first-order valence-electron chi connectivity index (χ1n) is 10.5. The van der Waals surface area contributed by atoms with Crippen LogP contribution in [0.25, 0.3) is 0 Å². The van der Waals surface area contributed by atoms with Gasteiger partial charge in [-0.3, -0.25) is 9.78 Å². The highest BCUT2D eigenvalue weighted by Crippen LogP contribution is 2.34. The third-order valence-corrected chi connectivity index (χ3v) is 5.69. The first kappa shape index (κ1) is 21.7. The molecule has 0 saturated carbocycles. The van der Waals surface area contributed by atoms with Gasteiger partial charge in [-0.15, -0.1) is 0 Å². The molecule has 32 heavy (non-hydrogen) atoms. The van der Waals surface area contributed by atoms with Gasteiger partial charge in [0.25, 0.3) is 5.91 Å². The average molecular weight is 438 g/mol. The summed E-state index contributed by atoms with van der Waals surface area (Å²) < 4.78 is 38.7. The molecule has 0 N–H and O–H groups in total. The van der Waals surface area contributed by atoms with Crippen molar-refractivity contribution < 1.29 is 23.0 Å². The largest absolute Gasteiger partial charge is 0.496 e. The second-order valence-corrected chi connectivity index (χ2v) is 7.83. The molecule has 1 saturated heterocycles. The first-order chi connectivity index (χ1) is 15.4. The van der Waals surface area contributed by atoms with E-state index in [1.165, 1.54) is 42.5 Å². The highest BCUT2D eigenvalue weighted by Gasteiger charge is 2.28. The van der Waals surface area contributed by atoms with Gasteiger partial charge in [-0.05, 0) is 62.1 Å². The summed E-state index contributed by atoms with van der Waals surface area (Å²) in [5.74, 6) is 0.287. The van der Waals surface area contributed by atoms with E-state index in [4.69, 9.17) is 9.47 Å². The number of aryl methyl sites for hydroxylation is 1. The summed E-state index contributed by atoms with van der Waals surface area (Å²) in [6.45, 7) is 2.96. The molecule has 1 aliphatic rings. The van der Waals surface area contributed by atoms with E-state index < -0.39 is 5.82 Å². The number of methoxy groups -OCH3 is 1. The molecule has 0 atom stereocenters. The highest BCUT2D eigenvalue weighted by molar-refractivity contribution is 5.94. The predicted molar refractivity (Wildman–Crippen MR) is 116 cm³/mol. The number of carbonyl (C=O) groups is 1. The number of benzene rings is 2. The Kier molecular flexibility index (Phi) is 6.35. The highest BCUT2D eigenvalue weighted by atomic mass is 19.1. The maximum atomic E-state index is 14.7. The summed E-state index contributed by atoms with van der Waals surface area (Å²) in [6.07, 6.45) is 3.34. The van der Waals surface area contributed by atoms with E-state index in [1.807, 2.05) is 19.2 Å². The lowest BCUT2D eigenvalue weighted by Crippen LogP contribution is -2.38. The van der Waals surface area contributed by atoms with Crippen molar-refractivity contribution in [1.82, 2.24) is 9.88 Å². The number of likely N-dealkylation sites (tertiary alicyclic amines) is 1. The Hall–Kier alpha value is -3.48. The molecule has 0 aliphatic carbocycles. The molecule has 1 amide bonds. The van der Waals surface area contributed by atoms with E-state index in [-0.39, 0.29) is 29.0 Å². The molecule has 4 rings (SSSR count). The molecule has 3 aromatic rings. The summed E-state index contributed by atoms with van der Waals surface area (Å²) in [7, 11) is 1.64. The van der Waals surface area contributed by atoms with Crippen LogP contribution in [0, 0.1) is 18.6 Å². The van der Waals surface area contributed by atoms with E-state index in [1.54, 1.807) is 12.0 Å². The topological polar surface area (TPSA) is 51.7 Å². The Balaban J connectivity index is 1.41. The number of halogens is 2. The van der Waals surface area contributed by atoms with Crippen molar-refractivity contribution in [3.63, 3.8) is 0 Å². The summed E-state index contributed by atoms with van der Waals surface area (Å²) in [5.41, 5.74) is 1.93. The molecule has 7 heteroatoms. The summed E-state index contributed by atoms with van der Waals surface area (Å²) in [5, 5.41) is 0. The van der Waals surface area contributed by atoms with Crippen LogP contribution < -0.4 is 9.47 Å². The van der Waals surface area contributed by atoms with Crippen molar-refractivity contribution in [2.75, 3.05) is 20.2 Å². The maximum absolute atomic E-state index is 14.7. The molecule has 5 nitrogen and oxygen atoms in total. The number of nitrogens with zero attached hydrogens (tertiary/aromatic N) is 2. The van der Waals surface area contributed by atoms with Crippen LogP contribution in [0.15, 0.2) is 54.7 Å². The Morgan fingerprint density at radius 3 is 2.38 bits per heavy atom. The van der Waals surface area contributed by atoms with Gasteiger partial charge in [0.05, 0.1) is 12.7 Å². The van der Waals surface area contributed by atoms with Crippen molar-refractivity contribution in [3.8, 4) is 17.2 Å². The second kappa shape index (κ2) is 9.34. The van der Waals surface area contributed by atoms with Crippen LogP contribution in [0.4, 0.5) is 8.78 Å². The van der Waals surface area contributed by atoms with Crippen LogP contribution in [0.1, 0.15) is 40.4 Å². The van der Waals surface area contributed by atoms with E-state index in [0.29, 0.717) is 18.8 Å². The Morgan fingerprint density at radius 1 is 1.03 bits per heavy atom. The molecular weight excluding hydrogens is 414 g/mol. The molecule has 0 bridgehead atoms. The predicted octanol–water partition coefficient (Wildman–Crippen LogP) is 5.49. The molecule has 2 aromatic carbocycles. The number of hydrogen-bond acceptors (Lipinski definition) is 4. The number of pyridine rings is 1. The van der Waals surface area contributed by atoms with E-state index in [2.05, 4.69) is 4.98 Å². The third-order valence-electron chi connectivity index (χ3n) is 5.69. The first-order valence-corrected chi connectivity index (χ1v) is 10.5. The average Bonchev–Trinajstić information content (AvgIpc) is 2.80. The normalized spacial score (nSPS) is 14.3. The Labute approximate surface area is 185 Å². The monoisotopic (exact) mass is 438 g/mol. The molecule has 1 fully saturated rings. The molecule has 0 spiro atoms. The van der Waals surface area contributed by atoms with E-state index in [9.17, 15) is 13.6 Å². The molecule has 0 radical (unpaired) electrons. The van der Waals surface area contributed by atoms with Crippen LogP contribution in [-0.2, 0) is 0 Å². The van der Waals surface area contributed by atoms with Gasteiger partial charge >= 0.3 is 0 Å². The fraction of sp³-hybridized carbons (Fsp3) is 0.280. The summed E-state index contributed by atoms with van der Waals surface area (Å²) >= 11 is 0. The van der Waals surface area contributed by atoms with Crippen molar-refractivity contribution in [2.45, 2.75) is 25.7 Å². The molecule has 1 aromatic heterocycles. The van der Waals surface area contributed by atoms with Gasteiger partial charge in [0.1, 0.15) is 28.9 Å². The minimum atomic E-state index is -0.652. The quantitative estimate of drug-likeness (QED) is 0.529. The van der Waals surface area contributed by atoms with Gasteiger partial charge < -0.3 is 14.4 Å². The number of ether oxygens (including phenoxy) is 2. The smallest absolute Gasteiger partial charge is 0.256 e. The van der Waals surface area contributed by atoms with Gasteiger partial charge in [-0.25, -0.2) is 8.78 Å². The minimum Gasteiger partial charge on any atom is -0.496 e. The Bertz CT molecular complexity index is 1110. The zero-order valence-corrected chi connectivity index (χ0v) is 18.0. The molecule has 0 unspecified atom stereocenters. The van der Waals surface area contributed by atoms with Gasteiger partial charge in [-0.2, -0.15) is 0 Å². The fourth-order valence-electron chi connectivity index (χ4n) is 3.96. The summed E-state index contributed by atoms with van der Waals surface area (Å²) in [4.78, 5) is 19.0. The molecule has 1 aliphatic heterocycles. The van der Waals surface area contributed by atoms with Gasteiger partial charge in [-0.1, -0.05) is 0 Å². The van der Waals surface area contributed by atoms with Gasteiger partial charge in [0.2, 0.25) is 0 Å². The van der Waals surface area contributed by atoms with Crippen molar-refractivity contribution in [2.24, 2.45) is 0 Å². The second-order valence-electron chi connectivity index (χ2n) is 7.83. The Morgan fingerprint density at radius 2 is 1.72 bits per heavy atom. The lowest BCUT2D eigenvalue weighted by atomic mass is 9.89. The van der Waals surface area contributed by atoms with Crippen LogP contribution in [0.3, 0.4) is 0 Å². The maximum Gasteiger partial charge on any atom is 0.256 e. The van der Waals surface area contributed by atoms with Crippen LogP contribution in [0.5, 0.6) is 17.2 Å². The number of hydrogen-bond donors (Lipinski definition) is 0. The SMILES string of the molecule is COc1cc(C)ncc1C1CCN(C(=O)c2ccc(Oc3ccc(F)cc3)cc2F)CC1. The summed E-state index contributed by atoms with van der Waals surface area (Å²) in [6, 6.07) is 11.5. The minimum absolute atomic E-state index is 0.00416.